The van der Waals surface area contributed by atoms with Gasteiger partial charge in [-0.1, -0.05) is 26.2 Å². The lowest BCUT2D eigenvalue weighted by atomic mass is 9.84. The molecule has 1 aliphatic carbocycles. The molecule has 3 heterocycles. The van der Waals surface area contributed by atoms with Crippen LogP contribution in [0.5, 0.6) is 0 Å². The summed E-state index contributed by atoms with van der Waals surface area (Å²) in [6.45, 7) is 13.2. The van der Waals surface area contributed by atoms with Gasteiger partial charge in [0.2, 0.25) is 0 Å². The van der Waals surface area contributed by atoms with E-state index in [0.29, 0.717) is 24.1 Å². The number of likely N-dealkylation sites (N-methyl/N-ethyl adjacent to an activating group) is 2. The van der Waals surface area contributed by atoms with Crippen molar-refractivity contribution in [2.75, 3.05) is 31.5 Å². The van der Waals surface area contributed by atoms with E-state index in [9.17, 15) is 4.79 Å². The van der Waals surface area contributed by atoms with Crippen LogP contribution >= 0.6 is 0 Å². The van der Waals surface area contributed by atoms with Gasteiger partial charge in [0.1, 0.15) is 0 Å². The van der Waals surface area contributed by atoms with Crippen LogP contribution in [0.2, 0.25) is 0 Å². The third-order valence-corrected chi connectivity index (χ3v) is 7.66. The maximum absolute atomic E-state index is 13.9. The third kappa shape index (κ3) is 4.49. The highest BCUT2D eigenvalue weighted by Gasteiger charge is 2.32. The maximum atomic E-state index is 13.9. The van der Waals surface area contributed by atoms with E-state index in [0.717, 1.165) is 49.3 Å². The fraction of sp³-hybridized carbons (Fsp3) is 0.720. The van der Waals surface area contributed by atoms with Crippen LogP contribution in [0.15, 0.2) is 12.4 Å². The molecule has 2 aromatic heterocycles. The summed E-state index contributed by atoms with van der Waals surface area (Å²) >= 11 is 0. The second-order valence-corrected chi connectivity index (χ2v) is 9.50. The number of hydrogen-bond acceptors (Lipinski definition) is 5. The molecule has 32 heavy (non-hydrogen) atoms. The first-order valence-electron chi connectivity index (χ1n) is 12.7. The highest BCUT2D eigenvalue weighted by atomic mass is 16.2. The van der Waals surface area contributed by atoms with Gasteiger partial charge in [0, 0.05) is 44.5 Å². The van der Waals surface area contributed by atoms with Gasteiger partial charge in [-0.3, -0.25) is 4.79 Å². The number of carbonyl (C=O) groups is 1. The Morgan fingerprint density at radius 1 is 1.16 bits per heavy atom. The molecule has 1 amide bonds. The van der Waals surface area contributed by atoms with Gasteiger partial charge in [0.15, 0.2) is 5.65 Å². The Labute approximate surface area is 192 Å². The largest absolute Gasteiger partial charge is 0.381 e. The zero-order valence-corrected chi connectivity index (χ0v) is 20.3. The predicted molar refractivity (Wildman–Crippen MR) is 130 cm³/mol. The van der Waals surface area contributed by atoms with Crippen molar-refractivity contribution < 1.29 is 4.79 Å². The second kappa shape index (κ2) is 10.2. The lowest BCUT2D eigenvalue weighted by molar-refractivity contribution is 0.0695. The van der Waals surface area contributed by atoms with E-state index in [1.807, 2.05) is 10.9 Å². The molecule has 0 spiro atoms. The van der Waals surface area contributed by atoms with Crippen molar-refractivity contribution in [3.8, 4) is 0 Å². The van der Waals surface area contributed by atoms with Crippen LogP contribution < -0.4 is 5.32 Å². The SMILES string of the molecule is CCN1CCC(N(CC)C(=O)c2cnc3c(cnn3CC)c2NC(C)C2CCCCC2)C1. The number of hydrogen-bond donors (Lipinski definition) is 1. The summed E-state index contributed by atoms with van der Waals surface area (Å²) in [6, 6.07) is 0.583. The van der Waals surface area contributed by atoms with Crippen LogP contribution in [0.4, 0.5) is 5.69 Å². The molecule has 2 fully saturated rings. The first-order valence-corrected chi connectivity index (χ1v) is 12.7. The first kappa shape index (κ1) is 23.0. The van der Waals surface area contributed by atoms with E-state index in [2.05, 4.69) is 47.9 Å². The molecule has 1 aliphatic heterocycles. The second-order valence-electron chi connectivity index (χ2n) is 9.50. The molecule has 0 bridgehead atoms. The molecule has 7 nitrogen and oxygen atoms in total. The Morgan fingerprint density at radius 2 is 1.94 bits per heavy atom. The van der Waals surface area contributed by atoms with Gasteiger partial charge in [0.25, 0.3) is 5.91 Å². The molecular formula is C25H40N6O. The van der Waals surface area contributed by atoms with E-state index in [-0.39, 0.29) is 11.9 Å². The highest BCUT2D eigenvalue weighted by molar-refractivity contribution is 6.06. The smallest absolute Gasteiger partial charge is 0.257 e. The summed E-state index contributed by atoms with van der Waals surface area (Å²) < 4.78 is 1.91. The normalized spacial score (nSPS) is 21.2. The van der Waals surface area contributed by atoms with E-state index in [1.54, 1.807) is 6.20 Å². The molecule has 2 aliphatic rings. The van der Waals surface area contributed by atoms with Crippen molar-refractivity contribution >= 4 is 22.6 Å². The van der Waals surface area contributed by atoms with Crippen molar-refractivity contribution in [3.05, 3.63) is 18.0 Å². The number of anilines is 1. The molecular weight excluding hydrogens is 400 g/mol. The van der Waals surface area contributed by atoms with Crippen LogP contribution in [0.25, 0.3) is 11.0 Å². The van der Waals surface area contributed by atoms with Gasteiger partial charge in [-0.05, 0) is 52.5 Å². The lowest BCUT2D eigenvalue weighted by Crippen LogP contribution is -2.42. The minimum absolute atomic E-state index is 0.0902. The van der Waals surface area contributed by atoms with Crippen LogP contribution in [-0.2, 0) is 6.54 Å². The van der Waals surface area contributed by atoms with Crippen molar-refractivity contribution in [2.45, 2.75) is 84.8 Å². The summed E-state index contributed by atoms with van der Waals surface area (Å²) in [6.07, 6.45) is 11.2. The average molecular weight is 441 g/mol. The predicted octanol–water partition coefficient (Wildman–Crippen LogP) is 4.39. The zero-order chi connectivity index (χ0) is 22.7. The molecule has 2 aromatic rings. The Bertz CT molecular complexity index is 919. The number of nitrogens with one attached hydrogen (secondary N) is 1. The van der Waals surface area contributed by atoms with E-state index in [1.165, 1.54) is 32.1 Å². The minimum Gasteiger partial charge on any atom is -0.381 e. The molecule has 7 heteroatoms. The van der Waals surface area contributed by atoms with Gasteiger partial charge in [-0.15, -0.1) is 0 Å². The van der Waals surface area contributed by atoms with Crippen molar-refractivity contribution in [1.29, 1.82) is 0 Å². The summed E-state index contributed by atoms with van der Waals surface area (Å²) in [5, 5.41) is 9.28. The van der Waals surface area contributed by atoms with Crippen molar-refractivity contribution in [3.63, 3.8) is 0 Å². The number of carbonyl (C=O) groups excluding carboxylic acids is 1. The fourth-order valence-electron chi connectivity index (χ4n) is 5.63. The standard InChI is InChI=1S/C25H40N6O/c1-5-29-14-13-20(17-29)30(6-2)25(32)22-15-26-24-21(16-27-31(24)7-3)23(22)28-18(4)19-11-9-8-10-12-19/h15-16,18-20H,5-14,17H2,1-4H3,(H,26,28). The molecule has 1 saturated heterocycles. The summed E-state index contributed by atoms with van der Waals surface area (Å²) in [5.41, 5.74) is 2.46. The first-order chi connectivity index (χ1) is 15.6. The van der Waals surface area contributed by atoms with Crippen LogP contribution in [0, 0.1) is 5.92 Å². The summed E-state index contributed by atoms with van der Waals surface area (Å²) in [7, 11) is 0. The van der Waals surface area contributed by atoms with Gasteiger partial charge < -0.3 is 15.1 Å². The Balaban J connectivity index is 1.68. The number of nitrogens with zero attached hydrogens (tertiary/aromatic N) is 5. The third-order valence-electron chi connectivity index (χ3n) is 7.66. The van der Waals surface area contributed by atoms with Crippen LogP contribution in [0.1, 0.15) is 76.6 Å². The summed E-state index contributed by atoms with van der Waals surface area (Å²) in [4.78, 5) is 23.0. The quantitative estimate of drug-likeness (QED) is 0.659. The Hall–Kier alpha value is -2.15. The molecule has 1 saturated carbocycles. The van der Waals surface area contributed by atoms with Gasteiger partial charge >= 0.3 is 0 Å². The van der Waals surface area contributed by atoms with Crippen molar-refractivity contribution in [2.24, 2.45) is 5.92 Å². The fourth-order valence-corrected chi connectivity index (χ4v) is 5.63. The number of rotatable bonds is 8. The molecule has 2 unspecified atom stereocenters. The van der Waals surface area contributed by atoms with Crippen LogP contribution in [-0.4, -0.2) is 68.7 Å². The number of likely N-dealkylation sites (tertiary alicyclic amines) is 1. The molecule has 4 rings (SSSR count). The molecule has 2 atom stereocenters. The summed E-state index contributed by atoms with van der Waals surface area (Å²) in [5.74, 6) is 0.735. The van der Waals surface area contributed by atoms with E-state index in [4.69, 9.17) is 4.98 Å². The van der Waals surface area contributed by atoms with E-state index < -0.39 is 0 Å². The maximum Gasteiger partial charge on any atom is 0.257 e. The molecule has 176 valence electrons. The van der Waals surface area contributed by atoms with E-state index >= 15 is 0 Å². The highest BCUT2D eigenvalue weighted by Crippen LogP contribution is 2.33. The molecule has 0 radical (unpaired) electrons. The van der Waals surface area contributed by atoms with Gasteiger partial charge in [-0.2, -0.15) is 5.10 Å². The molecule has 1 N–H and O–H groups in total. The average Bonchev–Trinajstić information content (AvgIpc) is 3.47. The number of pyridine rings is 1. The molecule has 0 aromatic carbocycles. The Kier molecular flexibility index (Phi) is 7.33. The van der Waals surface area contributed by atoms with Gasteiger partial charge in [0.05, 0.1) is 22.8 Å². The monoisotopic (exact) mass is 440 g/mol. The number of aromatic nitrogens is 3. The number of amides is 1. The lowest BCUT2D eigenvalue weighted by Gasteiger charge is -2.31. The number of aryl methyl sites for hydroxylation is 1. The number of fused-ring (bicyclic) bond motifs is 1. The van der Waals surface area contributed by atoms with Crippen LogP contribution in [0.3, 0.4) is 0 Å². The topological polar surface area (TPSA) is 66.3 Å². The Morgan fingerprint density at radius 3 is 2.59 bits per heavy atom. The zero-order valence-electron chi connectivity index (χ0n) is 20.3. The van der Waals surface area contributed by atoms with Gasteiger partial charge in [-0.25, -0.2) is 9.67 Å². The minimum atomic E-state index is 0.0902. The van der Waals surface area contributed by atoms with Crippen molar-refractivity contribution in [1.82, 2.24) is 24.6 Å².